The Morgan fingerprint density at radius 2 is 2.30 bits per heavy atom. The highest BCUT2D eigenvalue weighted by atomic mass is 32.2. The van der Waals surface area contributed by atoms with Crippen molar-refractivity contribution in [2.75, 3.05) is 0 Å². The molecular formula is C5H11NO3S. The molecule has 2 N–H and O–H groups in total. The van der Waals surface area contributed by atoms with Crippen molar-refractivity contribution >= 4 is 21.8 Å². The molecule has 5 heteroatoms. The average molecular weight is 165 g/mol. The van der Waals surface area contributed by atoms with Crippen molar-refractivity contribution in [2.45, 2.75) is 19.8 Å². The molecule has 1 unspecified atom stereocenters. The van der Waals surface area contributed by atoms with Crippen LogP contribution in [-0.2, 0) is 14.8 Å². The molecule has 0 saturated carbocycles. The fourth-order valence-corrected chi connectivity index (χ4v) is 0.914. The Hall–Kier alpha value is -0.550. The summed E-state index contributed by atoms with van der Waals surface area (Å²) in [6, 6.07) is 0. The summed E-state index contributed by atoms with van der Waals surface area (Å²) in [6.07, 6.45) is 0.911. The Morgan fingerprint density at radius 1 is 1.80 bits per heavy atom. The number of hydrogen-bond donors (Lipinski definition) is 2. The number of carbonyl (C=O) groups excluding carboxylic acids is 1. The van der Waals surface area contributed by atoms with Gasteiger partial charge in [0.2, 0.25) is 5.91 Å². The van der Waals surface area contributed by atoms with Gasteiger partial charge in [-0.2, -0.15) is 0 Å². The minimum Gasteiger partial charge on any atom is -0.299 e. The van der Waals surface area contributed by atoms with Crippen molar-refractivity contribution in [2.24, 2.45) is 0 Å². The fraction of sp³-hybridized carbons (Fsp3) is 0.600. The summed E-state index contributed by atoms with van der Waals surface area (Å²) in [4.78, 5) is 10.6. The van der Waals surface area contributed by atoms with Crippen LogP contribution in [0.2, 0.25) is 0 Å². The lowest BCUT2D eigenvalue weighted by Crippen LogP contribution is -2.29. The first-order chi connectivity index (χ1) is 4.45. The molecule has 0 bridgehead atoms. The normalized spacial score (nSPS) is 15.8. The number of hydrogen-bond acceptors (Lipinski definition) is 2. The summed E-state index contributed by atoms with van der Waals surface area (Å²) >= 11 is 0. The molecule has 4 nitrogen and oxygen atoms in total. The van der Waals surface area contributed by atoms with Crippen LogP contribution in [0.1, 0.15) is 19.8 Å². The molecule has 1 atom stereocenters. The molecule has 0 saturated heterocycles. The van der Waals surface area contributed by atoms with Crippen molar-refractivity contribution in [3.8, 4) is 0 Å². The summed E-state index contributed by atoms with van der Waals surface area (Å²) < 4.78 is 20.7. The lowest BCUT2D eigenvalue weighted by atomic mass is 10.3. The van der Waals surface area contributed by atoms with Gasteiger partial charge in [0, 0.05) is 6.42 Å². The van der Waals surface area contributed by atoms with Crippen molar-refractivity contribution in [1.29, 1.82) is 0 Å². The SMILES string of the molecule is C=S(=O)(O)NC(=O)CCC. The highest BCUT2D eigenvalue weighted by molar-refractivity contribution is 7.93. The lowest BCUT2D eigenvalue weighted by Gasteiger charge is -2.01. The van der Waals surface area contributed by atoms with Crippen molar-refractivity contribution in [3.05, 3.63) is 0 Å². The highest BCUT2D eigenvalue weighted by Crippen LogP contribution is 1.86. The predicted octanol–water partition coefficient (Wildman–Crippen LogP) is 0.00710. The Balaban J connectivity index is 3.82. The molecule has 60 valence electrons. The third-order valence-electron chi connectivity index (χ3n) is 0.750. The number of carbonyl (C=O) groups is 1. The number of amides is 1. The first-order valence-electron chi connectivity index (χ1n) is 2.86. The maximum Gasteiger partial charge on any atom is 0.232 e. The highest BCUT2D eigenvalue weighted by Gasteiger charge is 2.02. The van der Waals surface area contributed by atoms with Gasteiger partial charge in [0.25, 0.3) is 0 Å². The van der Waals surface area contributed by atoms with Crippen LogP contribution in [0.15, 0.2) is 0 Å². The lowest BCUT2D eigenvalue weighted by molar-refractivity contribution is -0.119. The summed E-state index contributed by atoms with van der Waals surface area (Å²) in [7, 11) is -3.35. The van der Waals surface area contributed by atoms with Gasteiger partial charge in [-0.15, -0.1) is 0 Å². The van der Waals surface area contributed by atoms with Crippen LogP contribution in [0, 0.1) is 0 Å². The molecule has 0 aromatic heterocycles. The zero-order chi connectivity index (χ0) is 8.20. The van der Waals surface area contributed by atoms with E-state index < -0.39 is 15.9 Å². The van der Waals surface area contributed by atoms with Gasteiger partial charge >= 0.3 is 0 Å². The van der Waals surface area contributed by atoms with Gasteiger partial charge in [0.05, 0.1) is 0 Å². The van der Waals surface area contributed by atoms with E-state index in [4.69, 9.17) is 4.55 Å². The zero-order valence-electron chi connectivity index (χ0n) is 5.79. The standard InChI is InChI=1S/C5H11NO3S/c1-3-4-5(7)6-10(2,8)9/h2-4H2,1H3,(H2,6,7,8,9). The fourth-order valence-electron chi connectivity index (χ4n) is 0.456. The smallest absolute Gasteiger partial charge is 0.232 e. The van der Waals surface area contributed by atoms with E-state index in [1.54, 1.807) is 0 Å². The molecule has 0 aliphatic rings. The van der Waals surface area contributed by atoms with Crippen LogP contribution >= 0.6 is 0 Å². The number of rotatable bonds is 3. The maximum atomic E-state index is 10.6. The molecule has 0 aromatic carbocycles. The van der Waals surface area contributed by atoms with Gasteiger partial charge in [0.1, 0.15) is 0 Å². The van der Waals surface area contributed by atoms with E-state index in [-0.39, 0.29) is 6.42 Å². The average Bonchev–Trinajstić information content (AvgIpc) is 1.59. The molecule has 0 rings (SSSR count). The Bertz CT molecular complexity index is 207. The minimum absolute atomic E-state index is 0.257. The summed E-state index contributed by atoms with van der Waals surface area (Å²) in [5, 5.41) is 0. The molecule has 0 radical (unpaired) electrons. The quantitative estimate of drug-likeness (QED) is 0.579. The van der Waals surface area contributed by atoms with Gasteiger partial charge in [-0.3, -0.25) is 14.1 Å². The Labute approximate surface area is 60.6 Å². The van der Waals surface area contributed by atoms with E-state index in [0.29, 0.717) is 6.42 Å². The second kappa shape index (κ2) is 3.58. The van der Waals surface area contributed by atoms with Crippen LogP contribution in [-0.4, -0.2) is 20.5 Å². The summed E-state index contributed by atoms with van der Waals surface area (Å²) in [5.74, 6) is 2.40. The van der Waals surface area contributed by atoms with Crippen LogP contribution in [0.5, 0.6) is 0 Å². The van der Waals surface area contributed by atoms with Crippen LogP contribution in [0.3, 0.4) is 0 Å². The molecule has 0 aliphatic carbocycles. The molecule has 10 heavy (non-hydrogen) atoms. The molecule has 1 amide bonds. The van der Waals surface area contributed by atoms with E-state index in [1.807, 2.05) is 11.6 Å². The van der Waals surface area contributed by atoms with Gasteiger partial charge in [-0.1, -0.05) is 6.92 Å². The van der Waals surface area contributed by atoms with Crippen molar-refractivity contribution in [3.63, 3.8) is 0 Å². The Kier molecular flexibility index (Phi) is 3.38. The van der Waals surface area contributed by atoms with Gasteiger partial charge < -0.3 is 0 Å². The van der Waals surface area contributed by atoms with E-state index in [9.17, 15) is 9.00 Å². The second-order valence-electron chi connectivity index (χ2n) is 1.92. The van der Waals surface area contributed by atoms with Gasteiger partial charge in [-0.25, -0.2) is 4.21 Å². The van der Waals surface area contributed by atoms with E-state index >= 15 is 0 Å². The molecule has 0 spiro atoms. The van der Waals surface area contributed by atoms with Crippen molar-refractivity contribution < 1.29 is 13.6 Å². The molecule has 0 aromatic rings. The van der Waals surface area contributed by atoms with Crippen molar-refractivity contribution in [1.82, 2.24) is 4.72 Å². The molecule has 0 heterocycles. The zero-order valence-corrected chi connectivity index (χ0v) is 6.61. The van der Waals surface area contributed by atoms with Gasteiger partial charge in [0.15, 0.2) is 9.99 Å². The Morgan fingerprint density at radius 3 is 2.60 bits per heavy atom. The molecule has 0 aliphatic heterocycles. The van der Waals surface area contributed by atoms with Crippen LogP contribution in [0.4, 0.5) is 0 Å². The van der Waals surface area contributed by atoms with E-state index in [0.717, 1.165) is 0 Å². The van der Waals surface area contributed by atoms with Crippen LogP contribution in [0.25, 0.3) is 0 Å². The third-order valence-corrected chi connectivity index (χ3v) is 1.30. The first kappa shape index (κ1) is 9.45. The molecular weight excluding hydrogens is 154 g/mol. The largest absolute Gasteiger partial charge is 0.299 e. The molecule has 0 fully saturated rings. The summed E-state index contributed by atoms with van der Waals surface area (Å²) in [5.41, 5.74) is 0. The topological polar surface area (TPSA) is 66.4 Å². The van der Waals surface area contributed by atoms with Gasteiger partial charge in [-0.05, 0) is 12.3 Å². The predicted molar refractivity (Wildman–Crippen MR) is 40.9 cm³/mol. The monoisotopic (exact) mass is 165 g/mol. The summed E-state index contributed by atoms with van der Waals surface area (Å²) in [6.45, 7) is 1.81. The minimum atomic E-state index is -3.35. The maximum absolute atomic E-state index is 10.6. The first-order valence-corrected chi connectivity index (χ1v) is 4.54. The van der Waals surface area contributed by atoms with Crippen LogP contribution < -0.4 is 4.72 Å². The van der Waals surface area contributed by atoms with E-state index in [1.165, 1.54) is 0 Å². The second-order valence-corrected chi connectivity index (χ2v) is 3.40. The number of nitrogens with one attached hydrogen (secondary N) is 1. The third kappa shape index (κ3) is 5.58. The van der Waals surface area contributed by atoms with E-state index in [2.05, 4.69) is 5.87 Å².